The number of rotatable bonds is 2. The Morgan fingerprint density at radius 2 is 2.07 bits per heavy atom. The Bertz CT molecular complexity index is 297. The second-order valence-corrected chi connectivity index (χ2v) is 3.76. The Morgan fingerprint density at radius 3 is 2.57 bits per heavy atom. The number of aliphatic hydroxyl groups is 1. The van der Waals surface area contributed by atoms with Gasteiger partial charge in [0.25, 0.3) is 0 Å². The Hall–Kier alpha value is -1.06. The molecule has 1 aromatic rings. The predicted octanol–water partition coefficient (Wildman–Crippen LogP) is 0.716. The average Bonchev–Trinajstić information content (AvgIpc) is 2.65. The highest BCUT2D eigenvalue weighted by Gasteiger charge is 2.19. The number of anilines is 1. The fourth-order valence-electron chi connectivity index (χ4n) is 1.82. The minimum atomic E-state index is -0.163. The van der Waals surface area contributed by atoms with Crippen LogP contribution >= 0.6 is 0 Å². The molecule has 3 nitrogen and oxygen atoms in total. The highest BCUT2D eigenvalue weighted by Crippen LogP contribution is 2.20. The van der Waals surface area contributed by atoms with Gasteiger partial charge in [0.15, 0.2) is 0 Å². The first-order chi connectivity index (χ1) is 6.79. The van der Waals surface area contributed by atoms with Crippen molar-refractivity contribution < 1.29 is 5.11 Å². The number of benzene rings is 1. The highest BCUT2D eigenvalue weighted by molar-refractivity contribution is 5.48. The molecule has 0 saturated carbocycles. The Kier molecular flexibility index (Phi) is 2.70. The summed E-state index contributed by atoms with van der Waals surface area (Å²) in [6.07, 6.45) is 0.711. The molecule has 3 heteroatoms. The van der Waals surface area contributed by atoms with E-state index in [4.69, 9.17) is 5.73 Å². The summed E-state index contributed by atoms with van der Waals surface area (Å²) in [5, 5.41) is 9.40. The Balaban J connectivity index is 2.09. The summed E-state index contributed by atoms with van der Waals surface area (Å²) in [6, 6.07) is 8.22. The molecule has 1 heterocycles. The summed E-state index contributed by atoms with van der Waals surface area (Å²) in [5.74, 6) is 0. The van der Waals surface area contributed by atoms with Crippen molar-refractivity contribution in [2.45, 2.75) is 19.1 Å². The zero-order valence-corrected chi connectivity index (χ0v) is 8.19. The van der Waals surface area contributed by atoms with Gasteiger partial charge in [-0.3, -0.25) is 0 Å². The molecule has 3 N–H and O–H groups in total. The van der Waals surface area contributed by atoms with Gasteiger partial charge >= 0.3 is 0 Å². The first-order valence-corrected chi connectivity index (χ1v) is 5.01. The summed E-state index contributed by atoms with van der Waals surface area (Å²) in [7, 11) is 0. The average molecular weight is 192 g/mol. The maximum absolute atomic E-state index is 9.40. The van der Waals surface area contributed by atoms with Crippen LogP contribution in [-0.2, 0) is 6.54 Å². The minimum Gasteiger partial charge on any atom is -0.391 e. The maximum atomic E-state index is 9.40. The van der Waals surface area contributed by atoms with Gasteiger partial charge in [0.2, 0.25) is 0 Å². The van der Waals surface area contributed by atoms with Crippen LogP contribution < -0.4 is 10.6 Å². The number of nitrogens with zero attached hydrogens (tertiary/aromatic N) is 1. The SMILES string of the molecule is NCc1ccc(N2CC[C@@H](O)C2)cc1. The van der Waals surface area contributed by atoms with Crippen LogP contribution in [-0.4, -0.2) is 24.3 Å². The molecule has 1 saturated heterocycles. The molecule has 14 heavy (non-hydrogen) atoms. The van der Waals surface area contributed by atoms with Crippen molar-refractivity contribution in [3.63, 3.8) is 0 Å². The van der Waals surface area contributed by atoms with E-state index in [1.165, 1.54) is 5.69 Å². The zero-order chi connectivity index (χ0) is 9.97. The van der Waals surface area contributed by atoms with Crippen LogP contribution in [0.5, 0.6) is 0 Å². The van der Waals surface area contributed by atoms with Crippen molar-refractivity contribution in [3.8, 4) is 0 Å². The molecule has 1 aliphatic heterocycles. The van der Waals surface area contributed by atoms with E-state index in [1.807, 2.05) is 12.1 Å². The third-order valence-corrected chi connectivity index (χ3v) is 2.70. The minimum absolute atomic E-state index is 0.163. The number of hydrogen-bond acceptors (Lipinski definition) is 3. The highest BCUT2D eigenvalue weighted by atomic mass is 16.3. The summed E-state index contributed by atoms with van der Waals surface area (Å²) in [5.41, 5.74) is 7.85. The van der Waals surface area contributed by atoms with Crippen LogP contribution in [0.25, 0.3) is 0 Å². The molecule has 0 aliphatic carbocycles. The Morgan fingerprint density at radius 1 is 1.36 bits per heavy atom. The Labute approximate surface area is 84.1 Å². The van der Waals surface area contributed by atoms with Crippen molar-refractivity contribution in [2.75, 3.05) is 18.0 Å². The monoisotopic (exact) mass is 192 g/mol. The molecule has 0 aromatic heterocycles. The smallest absolute Gasteiger partial charge is 0.0731 e. The lowest BCUT2D eigenvalue weighted by atomic mass is 10.2. The van der Waals surface area contributed by atoms with Gasteiger partial charge in [-0.2, -0.15) is 0 Å². The molecule has 0 bridgehead atoms. The first-order valence-electron chi connectivity index (χ1n) is 5.01. The van der Waals surface area contributed by atoms with E-state index < -0.39 is 0 Å². The van der Waals surface area contributed by atoms with Crippen molar-refractivity contribution in [3.05, 3.63) is 29.8 Å². The summed E-state index contributed by atoms with van der Waals surface area (Å²) in [4.78, 5) is 2.20. The molecular formula is C11H16N2O. The fraction of sp³-hybridized carbons (Fsp3) is 0.455. The van der Waals surface area contributed by atoms with E-state index in [0.717, 1.165) is 25.1 Å². The van der Waals surface area contributed by atoms with E-state index in [-0.39, 0.29) is 6.10 Å². The summed E-state index contributed by atoms with van der Waals surface area (Å²) >= 11 is 0. The van der Waals surface area contributed by atoms with Crippen molar-refractivity contribution in [2.24, 2.45) is 5.73 Å². The third-order valence-electron chi connectivity index (χ3n) is 2.70. The van der Waals surface area contributed by atoms with Crippen LogP contribution in [0, 0.1) is 0 Å². The number of β-amino-alcohol motifs (C(OH)–C–C–N with tert-alkyl or cyclic N) is 1. The normalized spacial score (nSPS) is 21.6. The van der Waals surface area contributed by atoms with Gasteiger partial charge in [0, 0.05) is 25.3 Å². The topological polar surface area (TPSA) is 49.5 Å². The van der Waals surface area contributed by atoms with E-state index >= 15 is 0 Å². The molecule has 0 amide bonds. The molecule has 1 aliphatic rings. The molecule has 1 atom stereocenters. The van der Waals surface area contributed by atoms with Crippen LogP contribution in [0.2, 0.25) is 0 Å². The van der Waals surface area contributed by atoms with Crippen LogP contribution in [0.1, 0.15) is 12.0 Å². The van der Waals surface area contributed by atoms with Gasteiger partial charge in [-0.1, -0.05) is 12.1 Å². The molecule has 0 unspecified atom stereocenters. The number of nitrogens with two attached hydrogens (primary N) is 1. The van der Waals surface area contributed by atoms with Gasteiger partial charge in [-0.15, -0.1) is 0 Å². The molecule has 2 rings (SSSR count). The summed E-state index contributed by atoms with van der Waals surface area (Å²) in [6.45, 7) is 2.29. The maximum Gasteiger partial charge on any atom is 0.0731 e. The van der Waals surface area contributed by atoms with Gasteiger partial charge < -0.3 is 15.7 Å². The van der Waals surface area contributed by atoms with Gasteiger partial charge in [-0.05, 0) is 24.1 Å². The summed E-state index contributed by atoms with van der Waals surface area (Å²) < 4.78 is 0. The quantitative estimate of drug-likeness (QED) is 0.725. The lowest BCUT2D eigenvalue weighted by molar-refractivity contribution is 0.198. The van der Waals surface area contributed by atoms with Gasteiger partial charge in [-0.25, -0.2) is 0 Å². The number of aliphatic hydroxyl groups excluding tert-OH is 1. The van der Waals surface area contributed by atoms with E-state index in [1.54, 1.807) is 0 Å². The van der Waals surface area contributed by atoms with Crippen LogP contribution in [0.3, 0.4) is 0 Å². The molecule has 1 aromatic carbocycles. The van der Waals surface area contributed by atoms with Gasteiger partial charge in [0.05, 0.1) is 6.10 Å². The van der Waals surface area contributed by atoms with Crippen molar-refractivity contribution in [1.29, 1.82) is 0 Å². The molecule has 1 fully saturated rings. The second-order valence-electron chi connectivity index (χ2n) is 3.76. The molecule has 0 radical (unpaired) electrons. The molecule has 76 valence electrons. The predicted molar refractivity (Wildman–Crippen MR) is 57.2 cm³/mol. The zero-order valence-electron chi connectivity index (χ0n) is 8.19. The van der Waals surface area contributed by atoms with Crippen molar-refractivity contribution in [1.82, 2.24) is 0 Å². The van der Waals surface area contributed by atoms with Crippen LogP contribution in [0.4, 0.5) is 5.69 Å². The largest absolute Gasteiger partial charge is 0.391 e. The third kappa shape index (κ3) is 1.89. The second kappa shape index (κ2) is 3.98. The van der Waals surface area contributed by atoms with Gasteiger partial charge in [0.1, 0.15) is 0 Å². The lowest BCUT2D eigenvalue weighted by Crippen LogP contribution is -2.20. The fourth-order valence-corrected chi connectivity index (χ4v) is 1.82. The lowest BCUT2D eigenvalue weighted by Gasteiger charge is -2.17. The standard InChI is InChI=1S/C11H16N2O/c12-7-9-1-3-10(4-2-9)13-6-5-11(14)8-13/h1-4,11,14H,5-8,12H2/t11-/m1/s1. The van der Waals surface area contributed by atoms with E-state index in [9.17, 15) is 5.11 Å². The van der Waals surface area contributed by atoms with Crippen molar-refractivity contribution >= 4 is 5.69 Å². The van der Waals surface area contributed by atoms with E-state index in [0.29, 0.717) is 6.54 Å². The number of hydrogen-bond donors (Lipinski definition) is 2. The molecule has 0 spiro atoms. The van der Waals surface area contributed by atoms with E-state index in [2.05, 4.69) is 17.0 Å². The first kappa shape index (κ1) is 9.49. The van der Waals surface area contributed by atoms with Crippen LogP contribution in [0.15, 0.2) is 24.3 Å². The molecular weight excluding hydrogens is 176 g/mol.